The van der Waals surface area contributed by atoms with Crippen LogP contribution in [0.2, 0.25) is 0 Å². The molecule has 0 spiro atoms. The molecule has 1 N–H and O–H groups in total. The van der Waals surface area contributed by atoms with Crippen LogP contribution in [0.15, 0.2) is 176 Å². The number of fused-ring (bicyclic) bond motifs is 7. The fourth-order valence-electron chi connectivity index (χ4n) is 8.42. The molecule has 0 radical (unpaired) electrons. The summed E-state index contributed by atoms with van der Waals surface area (Å²) in [5.41, 5.74) is 15.9. The largest absolute Gasteiger partial charge is 0.355 e. The molecule has 1 heterocycles. The summed E-state index contributed by atoms with van der Waals surface area (Å²) in [6, 6.07) is 64.2. The van der Waals surface area contributed by atoms with Crippen LogP contribution < -0.4 is 5.32 Å². The van der Waals surface area contributed by atoms with Gasteiger partial charge in [-0.15, -0.1) is 0 Å². The van der Waals surface area contributed by atoms with Gasteiger partial charge in [0.2, 0.25) is 0 Å². The van der Waals surface area contributed by atoms with E-state index >= 15 is 0 Å². The maximum absolute atomic E-state index is 3.68. The predicted molar refractivity (Wildman–Crippen MR) is 216 cm³/mol. The molecular weight excluding hydrogens is 617 g/mol. The third kappa shape index (κ3) is 4.64. The van der Waals surface area contributed by atoms with Gasteiger partial charge in [-0.25, -0.2) is 0 Å². The Morgan fingerprint density at radius 2 is 1.12 bits per heavy atom. The van der Waals surface area contributed by atoms with E-state index in [1.165, 1.54) is 82.8 Å². The van der Waals surface area contributed by atoms with Crippen molar-refractivity contribution in [2.45, 2.75) is 19.3 Å². The van der Waals surface area contributed by atoms with Gasteiger partial charge in [-0.3, -0.25) is 0 Å². The number of aromatic nitrogens is 1. The Morgan fingerprint density at radius 1 is 0.431 bits per heavy atom. The van der Waals surface area contributed by atoms with E-state index in [0.717, 1.165) is 11.4 Å². The van der Waals surface area contributed by atoms with Crippen LogP contribution in [-0.2, 0) is 5.41 Å². The first-order chi connectivity index (χ1) is 25.0. The van der Waals surface area contributed by atoms with Crippen LogP contribution in [0.25, 0.3) is 71.6 Å². The highest BCUT2D eigenvalue weighted by molar-refractivity contribution is 6.13. The molecule has 0 fully saturated rings. The van der Waals surface area contributed by atoms with Gasteiger partial charge in [0, 0.05) is 38.5 Å². The first-order valence-corrected chi connectivity index (χ1v) is 17.8. The molecule has 0 saturated heterocycles. The molecule has 0 saturated carbocycles. The van der Waals surface area contributed by atoms with Crippen molar-refractivity contribution in [2.24, 2.45) is 0 Å². The third-order valence-electron chi connectivity index (χ3n) is 11.0. The monoisotopic (exact) mass is 652 g/mol. The number of benzene rings is 8. The molecule has 1 aliphatic rings. The van der Waals surface area contributed by atoms with Gasteiger partial charge < -0.3 is 9.88 Å². The van der Waals surface area contributed by atoms with Crippen molar-refractivity contribution >= 4 is 44.0 Å². The van der Waals surface area contributed by atoms with Crippen LogP contribution in [0.5, 0.6) is 0 Å². The van der Waals surface area contributed by atoms with Crippen LogP contribution in [0.4, 0.5) is 11.4 Å². The normalized spacial score (nSPS) is 13.1. The summed E-state index contributed by atoms with van der Waals surface area (Å²) in [5.74, 6) is 0. The summed E-state index contributed by atoms with van der Waals surface area (Å²) < 4.78 is 2.49. The van der Waals surface area contributed by atoms with Gasteiger partial charge in [0.25, 0.3) is 0 Å². The summed E-state index contributed by atoms with van der Waals surface area (Å²) in [7, 11) is 0. The van der Waals surface area contributed by atoms with Gasteiger partial charge in [-0.1, -0.05) is 135 Å². The fraction of sp³-hybridized carbons (Fsp3) is 0.0612. The molecular formula is C49H36N2. The molecule has 9 aromatic rings. The summed E-state index contributed by atoms with van der Waals surface area (Å²) in [6.45, 7) is 4.74. The Bertz CT molecular complexity index is 2780. The van der Waals surface area contributed by atoms with Gasteiger partial charge in [-0.2, -0.15) is 0 Å². The second-order valence-corrected chi connectivity index (χ2v) is 14.3. The Kier molecular flexibility index (Phi) is 6.56. The first kappa shape index (κ1) is 29.5. The minimum Gasteiger partial charge on any atom is -0.355 e. The zero-order valence-electron chi connectivity index (χ0n) is 28.7. The topological polar surface area (TPSA) is 17.0 Å². The molecule has 0 bridgehead atoms. The van der Waals surface area contributed by atoms with Crippen LogP contribution >= 0.6 is 0 Å². The van der Waals surface area contributed by atoms with Crippen LogP contribution in [0.3, 0.4) is 0 Å². The molecule has 0 atom stereocenters. The summed E-state index contributed by atoms with van der Waals surface area (Å²) >= 11 is 0. The van der Waals surface area contributed by atoms with Crippen molar-refractivity contribution < 1.29 is 0 Å². The zero-order chi connectivity index (χ0) is 34.1. The van der Waals surface area contributed by atoms with E-state index < -0.39 is 0 Å². The lowest BCUT2D eigenvalue weighted by atomic mass is 9.82. The van der Waals surface area contributed by atoms with Crippen LogP contribution in [0.1, 0.15) is 25.0 Å². The fourth-order valence-corrected chi connectivity index (χ4v) is 8.42. The molecule has 1 aliphatic carbocycles. The molecule has 242 valence electrons. The lowest BCUT2D eigenvalue weighted by Crippen LogP contribution is -2.14. The van der Waals surface area contributed by atoms with E-state index in [9.17, 15) is 0 Å². The van der Waals surface area contributed by atoms with E-state index in [-0.39, 0.29) is 5.41 Å². The number of nitrogens with one attached hydrogen (secondary N) is 1. The third-order valence-corrected chi connectivity index (χ3v) is 11.0. The Hall–Kier alpha value is -6.38. The highest BCUT2D eigenvalue weighted by Crippen LogP contribution is 2.51. The summed E-state index contributed by atoms with van der Waals surface area (Å²) in [4.78, 5) is 0. The van der Waals surface area contributed by atoms with Crippen molar-refractivity contribution in [3.63, 3.8) is 0 Å². The van der Waals surface area contributed by atoms with Gasteiger partial charge in [0.15, 0.2) is 0 Å². The van der Waals surface area contributed by atoms with Crippen molar-refractivity contribution in [3.05, 3.63) is 187 Å². The molecule has 2 nitrogen and oxygen atoms in total. The zero-order valence-corrected chi connectivity index (χ0v) is 28.7. The minimum absolute atomic E-state index is 0.0856. The molecule has 1 aromatic heterocycles. The smallest absolute Gasteiger partial charge is 0.0547 e. The Morgan fingerprint density at radius 3 is 1.98 bits per heavy atom. The van der Waals surface area contributed by atoms with Crippen molar-refractivity contribution in [1.29, 1.82) is 0 Å². The lowest BCUT2D eigenvalue weighted by Gasteiger charge is -2.21. The van der Waals surface area contributed by atoms with Crippen molar-refractivity contribution in [3.8, 4) is 39.1 Å². The Balaban J connectivity index is 1.22. The van der Waals surface area contributed by atoms with E-state index in [1.54, 1.807) is 0 Å². The predicted octanol–water partition coefficient (Wildman–Crippen LogP) is 13.3. The Labute approximate surface area is 298 Å². The quantitative estimate of drug-likeness (QED) is 0.196. The van der Waals surface area contributed by atoms with Gasteiger partial charge in [0.05, 0.1) is 16.7 Å². The maximum atomic E-state index is 3.68. The number of hydrogen-bond donors (Lipinski definition) is 1. The van der Waals surface area contributed by atoms with Crippen LogP contribution in [0, 0.1) is 0 Å². The van der Waals surface area contributed by atoms with Crippen molar-refractivity contribution in [2.75, 3.05) is 5.32 Å². The molecule has 2 heteroatoms. The second-order valence-electron chi connectivity index (χ2n) is 14.3. The summed E-state index contributed by atoms with van der Waals surface area (Å²) in [6.07, 6.45) is 0. The standard InChI is InChI=1S/C49H36N2/c1-49(2)43-22-12-11-21-38(43)40-31-48-42(30-44(40)49)41-29-35(25-27-47(41)51(48)46-23-13-17-32-16-9-10-20-37(32)46)34-24-26-45(50-36-18-7-4-8-19-36)39(28-34)33-14-5-3-6-15-33/h3-31,50H,1-2H3. The molecule has 8 aromatic carbocycles. The molecule has 0 unspecified atom stereocenters. The average Bonchev–Trinajstić information content (AvgIpc) is 3.62. The summed E-state index contributed by atoms with van der Waals surface area (Å²) in [5, 5.41) is 8.71. The molecule has 0 amide bonds. The number of anilines is 2. The van der Waals surface area contributed by atoms with Gasteiger partial charge in [-0.05, 0) is 98.9 Å². The maximum Gasteiger partial charge on any atom is 0.0547 e. The lowest BCUT2D eigenvalue weighted by molar-refractivity contribution is 0.661. The van der Waals surface area contributed by atoms with E-state index in [4.69, 9.17) is 0 Å². The highest BCUT2D eigenvalue weighted by atomic mass is 15.0. The number of nitrogens with zero attached hydrogens (tertiary/aromatic N) is 1. The minimum atomic E-state index is -0.0856. The van der Waals surface area contributed by atoms with Crippen LogP contribution in [-0.4, -0.2) is 4.57 Å². The van der Waals surface area contributed by atoms with Crippen molar-refractivity contribution in [1.82, 2.24) is 4.57 Å². The number of para-hydroxylation sites is 1. The second kappa shape index (κ2) is 11.3. The SMILES string of the molecule is CC1(C)c2ccccc2-c2cc3c(cc21)c1cc(-c2ccc(Nc4ccccc4)c(-c4ccccc4)c2)ccc1n3-c1cccc2ccccc12. The van der Waals surface area contributed by atoms with E-state index in [2.05, 4.69) is 194 Å². The first-order valence-electron chi connectivity index (χ1n) is 17.8. The molecule has 0 aliphatic heterocycles. The molecule has 10 rings (SSSR count). The number of rotatable bonds is 5. The van der Waals surface area contributed by atoms with Gasteiger partial charge >= 0.3 is 0 Å². The number of hydrogen-bond acceptors (Lipinski definition) is 1. The molecule has 51 heavy (non-hydrogen) atoms. The van der Waals surface area contributed by atoms with E-state index in [0.29, 0.717) is 0 Å². The highest BCUT2D eigenvalue weighted by Gasteiger charge is 2.36. The van der Waals surface area contributed by atoms with Gasteiger partial charge in [0.1, 0.15) is 0 Å². The average molecular weight is 653 g/mol. The van der Waals surface area contributed by atoms with E-state index in [1.807, 2.05) is 6.07 Å².